The number of nitrogens with zero attached hydrogens (tertiary/aromatic N) is 2. The van der Waals surface area contributed by atoms with Gasteiger partial charge in [0.2, 0.25) is 0 Å². The van der Waals surface area contributed by atoms with Gasteiger partial charge in [0.25, 0.3) is 5.82 Å². The number of carbonyl (C=O) groups is 1. The van der Waals surface area contributed by atoms with E-state index in [9.17, 15) is 9.90 Å². The second-order valence-corrected chi connectivity index (χ2v) is 4.72. The molecule has 0 atom stereocenters. The van der Waals surface area contributed by atoms with E-state index in [0.717, 1.165) is 31.6 Å². The molecule has 0 aliphatic rings. The van der Waals surface area contributed by atoms with E-state index in [2.05, 4.69) is 18.4 Å². The van der Waals surface area contributed by atoms with Crippen molar-refractivity contribution in [2.75, 3.05) is 0 Å². The first-order chi connectivity index (χ1) is 8.69. The van der Waals surface area contributed by atoms with E-state index in [0.29, 0.717) is 0 Å². The number of unbranched alkanes of at least 4 members (excludes halogenated alkanes) is 3. The molecule has 0 aliphatic carbocycles. The molecule has 4 heteroatoms. The third-order valence-corrected chi connectivity index (χ3v) is 3.11. The van der Waals surface area contributed by atoms with E-state index in [1.807, 2.05) is 12.4 Å². The van der Waals surface area contributed by atoms with Gasteiger partial charge in [-0.25, -0.2) is 9.13 Å². The largest absolute Gasteiger partial charge is 0.546 e. The summed E-state index contributed by atoms with van der Waals surface area (Å²) < 4.78 is 3.96. The molecular weight excluding hydrogens is 228 g/mol. The Labute approximate surface area is 109 Å². The van der Waals surface area contributed by atoms with Gasteiger partial charge >= 0.3 is 0 Å². The van der Waals surface area contributed by atoms with Gasteiger partial charge in [-0.1, -0.05) is 33.1 Å². The molecule has 1 aromatic heterocycles. The lowest BCUT2D eigenvalue weighted by Gasteiger charge is -2.05. The van der Waals surface area contributed by atoms with Crippen molar-refractivity contribution in [3.05, 3.63) is 18.2 Å². The Morgan fingerprint density at radius 3 is 2.67 bits per heavy atom. The van der Waals surface area contributed by atoms with Gasteiger partial charge in [-0.2, -0.15) is 0 Å². The van der Waals surface area contributed by atoms with Gasteiger partial charge in [0.1, 0.15) is 18.9 Å². The molecule has 0 N–H and O–H groups in total. The van der Waals surface area contributed by atoms with Gasteiger partial charge in [0.05, 0.1) is 12.5 Å². The number of aromatic nitrogens is 2. The number of carbonyl (C=O) groups excluding carboxylic acids is 1. The maximum atomic E-state index is 10.7. The van der Waals surface area contributed by atoms with Crippen LogP contribution in [0.2, 0.25) is 0 Å². The quantitative estimate of drug-likeness (QED) is 0.487. The highest BCUT2D eigenvalue weighted by Gasteiger charge is 2.15. The molecule has 0 fully saturated rings. The van der Waals surface area contributed by atoms with Gasteiger partial charge in [-0.05, 0) is 12.8 Å². The molecule has 0 radical (unpaired) electrons. The van der Waals surface area contributed by atoms with Gasteiger partial charge < -0.3 is 9.90 Å². The summed E-state index contributed by atoms with van der Waals surface area (Å²) in [6, 6.07) is 0. The van der Waals surface area contributed by atoms with Gasteiger partial charge in [0, 0.05) is 6.42 Å². The van der Waals surface area contributed by atoms with Crippen molar-refractivity contribution in [2.45, 2.75) is 65.5 Å². The highest BCUT2D eigenvalue weighted by molar-refractivity contribution is 5.62. The van der Waals surface area contributed by atoms with Crippen LogP contribution in [0.1, 0.15) is 51.8 Å². The summed E-state index contributed by atoms with van der Waals surface area (Å²) in [6.07, 6.45) is 10.6. The lowest BCUT2D eigenvalue weighted by atomic mass is 10.1. The summed E-state index contributed by atoms with van der Waals surface area (Å²) in [5.74, 6) is 0.0845. The third-order valence-electron chi connectivity index (χ3n) is 3.11. The summed E-state index contributed by atoms with van der Waals surface area (Å²) in [6.45, 7) is 5.23. The SMILES string of the molecule is CCCCCCc1n(CCC)cc[n+]1CC(=O)[O-]. The first-order valence-corrected chi connectivity index (χ1v) is 6.96. The van der Waals surface area contributed by atoms with E-state index in [4.69, 9.17) is 0 Å². The first-order valence-electron chi connectivity index (χ1n) is 6.96. The molecule has 0 amide bonds. The number of aliphatic carboxylic acids is 1. The summed E-state index contributed by atoms with van der Waals surface area (Å²) in [5, 5.41) is 10.7. The van der Waals surface area contributed by atoms with E-state index >= 15 is 0 Å². The Morgan fingerprint density at radius 2 is 2.06 bits per heavy atom. The predicted molar refractivity (Wildman–Crippen MR) is 67.8 cm³/mol. The van der Waals surface area contributed by atoms with Crippen LogP contribution >= 0.6 is 0 Å². The summed E-state index contributed by atoms with van der Waals surface area (Å²) in [5.41, 5.74) is 0. The van der Waals surface area contributed by atoms with Crippen molar-refractivity contribution < 1.29 is 14.5 Å². The smallest absolute Gasteiger partial charge is 0.256 e. The van der Waals surface area contributed by atoms with E-state index in [-0.39, 0.29) is 6.54 Å². The molecule has 0 spiro atoms. The molecule has 0 saturated heterocycles. The van der Waals surface area contributed by atoms with Gasteiger partial charge in [-0.15, -0.1) is 0 Å². The van der Waals surface area contributed by atoms with E-state index < -0.39 is 5.97 Å². The van der Waals surface area contributed by atoms with Crippen molar-refractivity contribution in [3.8, 4) is 0 Å². The number of hydrogen-bond acceptors (Lipinski definition) is 2. The maximum Gasteiger partial charge on any atom is 0.256 e. The van der Waals surface area contributed by atoms with Crippen molar-refractivity contribution in [2.24, 2.45) is 0 Å². The fourth-order valence-electron chi connectivity index (χ4n) is 2.22. The molecule has 0 unspecified atom stereocenters. The summed E-state index contributed by atoms with van der Waals surface area (Å²) in [4.78, 5) is 10.7. The number of rotatable bonds is 9. The van der Waals surface area contributed by atoms with Crippen LogP contribution in [0, 0.1) is 0 Å². The minimum absolute atomic E-state index is 0.0418. The van der Waals surface area contributed by atoms with Crippen LogP contribution < -0.4 is 9.67 Å². The van der Waals surface area contributed by atoms with Crippen LogP contribution in [0.3, 0.4) is 0 Å². The Balaban J connectivity index is 2.68. The fourth-order valence-corrected chi connectivity index (χ4v) is 2.22. The number of aryl methyl sites for hydroxylation is 1. The molecule has 1 heterocycles. The van der Waals surface area contributed by atoms with Crippen molar-refractivity contribution >= 4 is 5.97 Å². The van der Waals surface area contributed by atoms with Crippen LogP contribution in [0.25, 0.3) is 0 Å². The minimum Gasteiger partial charge on any atom is -0.546 e. The molecule has 0 saturated carbocycles. The molecule has 0 bridgehead atoms. The predicted octanol–water partition coefficient (Wildman–Crippen LogP) is 1.06. The Bertz CT molecular complexity index is 372. The molecule has 0 aliphatic heterocycles. The molecule has 102 valence electrons. The Morgan fingerprint density at radius 1 is 1.28 bits per heavy atom. The van der Waals surface area contributed by atoms with E-state index in [1.165, 1.54) is 19.3 Å². The zero-order valence-electron chi connectivity index (χ0n) is 11.5. The Kier molecular flexibility index (Phi) is 6.47. The third kappa shape index (κ3) is 4.51. The lowest BCUT2D eigenvalue weighted by Crippen LogP contribution is -2.45. The molecule has 4 nitrogen and oxygen atoms in total. The lowest BCUT2D eigenvalue weighted by molar-refractivity contribution is -0.697. The highest BCUT2D eigenvalue weighted by atomic mass is 16.4. The molecule has 1 aromatic rings. The van der Waals surface area contributed by atoms with Crippen molar-refractivity contribution in [1.29, 1.82) is 0 Å². The number of carboxylic acid groups (broad SMARTS) is 1. The minimum atomic E-state index is -1.02. The van der Waals surface area contributed by atoms with Crippen LogP contribution in [0.4, 0.5) is 0 Å². The number of carboxylic acids is 1. The summed E-state index contributed by atoms with van der Waals surface area (Å²) >= 11 is 0. The maximum absolute atomic E-state index is 10.7. The van der Waals surface area contributed by atoms with Crippen LogP contribution in [-0.2, 0) is 24.3 Å². The van der Waals surface area contributed by atoms with Gasteiger partial charge in [0.15, 0.2) is 0 Å². The van der Waals surface area contributed by atoms with Crippen molar-refractivity contribution in [3.63, 3.8) is 0 Å². The topological polar surface area (TPSA) is 48.9 Å². The average Bonchev–Trinajstić information content (AvgIpc) is 2.68. The van der Waals surface area contributed by atoms with Crippen LogP contribution in [0.5, 0.6) is 0 Å². The first kappa shape index (κ1) is 14.7. The summed E-state index contributed by atoms with van der Waals surface area (Å²) in [7, 11) is 0. The molecular formula is C14H24N2O2. The molecule has 0 aromatic carbocycles. The normalized spacial score (nSPS) is 10.8. The van der Waals surface area contributed by atoms with Crippen molar-refractivity contribution in [1.82, 2.24) is 4.57 Å². The fraction of sp³-hybridized carbons (Fsp3) is 0.714. The molecule has 1 rings (SSSR count). The highest BCUT2D eigenvalue weighted by Crippen LogP contribution is 2.06. The Hall–Kier alpha value is -1.32. The second kappa shape index (κ2) is 7.90. The van der Waals surface area contributed by atoms with Crippen LogP contribution in [-0.4, -0.2) is 10.5 Å². The zero-order valence-corrected chi connectivity index (χ0v) is 11.5. The monoisotopic (exact) mass is 252 g/mol. The standard InChI is InChI=1S/C14H24N2O2/c1-3-5-6-7-8-13-15(9-4-2)10-11-16(13)12-14(17)18/h10-11H,3-9,12H2,1-2H3. The number of imidazole rings is 1. The van der Waals surface area contributed by atoms with E-state index in [1.54, 1.807) is 4.57 Å². The second-order valence-electron chi connectivity index (χ2n) is 4.72. The average molecular weight is 252 g/mol. The van der Waals surface area contributed by atoms with Crippen LogP contribution in [0.15, 0.2) is 12.4 Å². The zero-order chi connectivity index (χ0) is 13.4. The number of hydrogen-bond donors (Lipinski definition) is 0. The van der Waals surface area contributed by atoms with Gasteiger partial charge in [-0.3, -0.25) is 0 Å². The molecule has 18 heavy (non-hydrogen) atoms.